The lowest BCUT2D eigenvalue weighted by atomic mass is 10.1. The molecular formula is C11H20N4O6. The van der Waals surface area contributed by atoms with Gasteiger partial charge in [0.15, 0.2) is 0 Å². The topological polar surface area (TPSA) is 185 Å². The van der Waals surface area contributed by atoms with Crippen LogP contribution in [0.2, 0.25) is 0 Å². The van der Waals surface area contributed by atoms with E-state index in [-0.39, 0.29) is 12.8 Å². The van der Waals surface area contributed by atoms with Gasteiger partial charge in [-0.25, -0.2) is 4.79 Å². The smallest absolute Gasteiger partial charge is 0.328 e. The first-order chi connectivity index (χ1) is 9.68. The first-order valence-electron chi connectivity index (χ1n) is 6.17. The zero-order chi connectivity index (χ0) is 16.6. The van der Waals surface area contributed by atoms with Gasteiger partial charge in [-0.05, 0) is 13.3 Å². The minimum absolute atomic E-state index is 0.0316. The second-order valence-corrected chi connectivity index (χ2v) is 4.42. The maximum Gasteiger partial charge on any atom is 0.328 e. The Balaban J connectivity index is 4.36. The van der Waals surface area contributed by atoms with E-state index >= 15 is 0 Å². The molecule has 0 aliphatic carbocycles. The van der Waals surface area contributed by atoms with E-state index in [1.165, 1.54) is 6.92 Å². The highest BCUT2D eigenvalue weighted by atomic mass is 16.4. The lowest BCUT2D eigenvalue weighted by Crippen LogP contribution is -2.54. The number of nitrogens with two attached hydrogens (primary N) is 2. The number of primary amides is 1. The third-order valence-corrected chi connectivity index (χ3v) is 2.59. The van der Waals surface area contributed by atoms with Crippen LogP contribution in [-0.4, -0.2) is 58.6 Å². The standard InChI is InChI=1S/C11H20N4O6/c1-5(9(18)15-7(4-16)11(20)21)14-10(19)6(12)2-3-8(13)17/h5-7,16H,2-4,12H2,1H3,(H2,13,17)(H,14,19)(H,15,18)(H,20,21)/t5-,6-,7-/m0/s1. The summed E-state index contributed by atoms with van der Waals surface area (Å²) in [7, 11) is 0. The molecule has 0 aromatic carbocycles. The van der Waals surface area contributed by atoms with Gasteiger partial charge in [0.2, 0.25) is 17.7 Å². The molecule has 0 saturated carbocycles. The molecule has 3 atom stereocenters. The molecule has 0 rings (SSSR count). The van der Waals surface area contributed by atoms with Crippen molar-refractivity contribution in [2.75, 3.05) is 6.61 Å². The maximum absolute atomic E-state index is 11.6. The highest BCUT2D eigenvalue weighted by Crippen LogP contribution is 1.95. The molecule has 0 aromatic rings. The van der Waals surface area contributed by atoms with Crippen LogP contribution in [0.15, 0.2) is 0 Å². The maximum atomic E-state index is 11.6. The molecule has 0 aliphatic heterocycles. The van der Waals surface area contributed by atoms with Gasteiger partial charge in [0.05, 0.1) is 12.6 Å². The fraction of sp³-hybridized carbons (Fsp3) is 0.636. The summed E-state index contributed by atoms with van der Waals surface area (Å²) < 4.78 is 0. The second-order valence-electron chi connectivity index (χ2n) is 4.42. The number of hydrogen-bond donors (Lipinski definition) is 6. The van der Waals surface area contributed by atoms with E-state index in [0.29, 0.717) is 0 Å². The lowest BCUT2D eigenvalue weighted by Gasteiger charge is -2.19. The van der Waals surface area contributed by atoms with Gasteiger partial charge in [0, 0.05) is 6.42 Å². The molecule has 0 aliphatic rings. The van der Waals surface area contributed by atoms with E-state index < -0.39 is 48.4 Å². The number of carboxylic acids is 1. The summed E-state index contributed by atoms with van der Waals surface area (Å²) >= 11 is 0. The minimum Gasteiger partial charge on any atom is -0.480 e. The molecule has 120 valence electrons. The van der Waals surface area contributed by atoms with Gasteiger partial charge in [-0.3, -0.25) is 14.4 Å². The van der Waals surface area contributed by atoms with E-state index in [1.807, 2.05) is 5.32 Å². The van der Waals surface area contributed by atoms with Crippen LogP contribution in [0.5, 0.6) is 0 Å². The molecule has 10 nitrogen and oxygen atoms in total. The minimum atomic E-state index is -1.46. The molecule has 0 radical (unpaired) electrons. The molecule has 10 heteroatoms. The molecule has 0 unspecified atom stereocenters. The van der Waals surface area contributed by atoms with E-state index in [4.69, 9.17) is 21.7 Å². The van der Waals surface area contributed by atoms with E-state index in [2.05, 4.69) is 5.32 Å². The molecule has 8 N–H and O–H groups in total. The van der Waals surface area contributed by atoms with E-state index in [0.717, 1.165) is 0 Å². The largest absolute Gasteiger partial charge is 0.480 e. The highest BCUT2D eigenvalue weighted by molar-refractivity contribution is 5.91. The van der Waals surface area contributed by atoms with Gasteiger partial charge in [-0.1, -0.05) is 0 Å². The zero-order valence-corrected chi connectivity index (χ0v) is 11.5. The van der Waals surface area contributed by atoms with Crippen molar-refractivity contribution in [2.45, 2.75) is 37.9 Å². The summed E-state index contributed by atoms with van der Waals surface area (Å²) in [5.74, 6) is -3.46. The van der Waals surface area contributed by atoms with Crippen LogP contribution in [0.3, 0.4) is 0 Å². The van der Waals surface area contributed by atoms with Crippen molar-refractivity contribution in [3.63, 3.8) is 0 Å². The van der Waals surface area contributed by atoms with Gasteiger partial charge >= 0.3 is 5.97 Å². The average Bonchev–Trinajstić information content (AvgIpc) is 2.40. The molecule has 21 heavy (non-hydrogen) atoms. The predicted molar refractivity (Wildman–Crippen MR) is 70.7 cm³/mol. The van der Waals surface area contributed by atoms with Crippen LogP contribution < -0.4 is 22.1 Å². The van der Waals surface area contributed by atoms with Crippen LogP contribution in [0.4, 0.5) is 0 Å². The van der Waals surface area contributed by atoms with Gasteiger partial charge in [-0.2, -0.15) is 0 Å². The van der Waals surface area contributed by atoms with Gasteiger partial charge < -0.3 is 32.3 Å². The number of aliphatic hydroxyl groups excluding tert-OH is 1. The Kier molecular flexibility index (Phi) is 7.94. The Hall–Kier alpha value is -2.20. The van der Waals surface area contributed by atoms with Crippen molar-refractivity contribution < 1.29 is 29.4 Å². The Morgan fingerprint density at radius 1 is 1.14 bits per heavy atom. The molecule has 0 fully saturated rings. The molecule has 0 heterocycles. The summed E-state index contributed by atoms with van der Waals surface area (Å²) in [6.45, 7) is 0.546. The van der Waals surface area contributed by atoms with Crippen LogP contribution in [0.25, 0.3) is 0 Å². The third kappa shape index (κ3) is 7.22. The molecular weight excluding hydrogens is 284 g/mol. The van der Waals surface area contributed by atoms with Crippen molar-refractivity contribution in [3.8, 4) is 0 Å². The van der Waals surface area contributed by atoms with Crippen LogP contribution in [0.1, 0.15) is 19.8 Å². The van der Waals surface area contributed by atoms with E-state index in [1.54, 1.807) is 0 Å². The van der Waals surface area contributed by atoms with Crippen molar-refractivity contribution >= 4 is 23.7 Å². The summed E-state index contributed by atoms with van der Waals surface area (Å²) in [5, 5.41) is 21.8. The highest BCUT2D eigenvalue weighted by Gasteiger charge is 2.24. The molecule has 0 spiro atoms. The monoisotopic (exact) mass is 304 g/mol. The van der Waals surface area contributed by atoms with Crippen LogP contribution >= 0.6 is 0 Å². The number of rotatable bonds is 9. The molecule has 0 aromatic heterocycles. The summed E-state index contributed by atoms with van der Waals surface area (Å²) in [6, 6.07) is -3.52. The Bertz CT molecular complexity index is 414. The molecule has 3 amide bonds. The first kappa shape index (κ1) is 18.8. The zero-order valence-electron chi connectivity index (χ0n) is 11.5. The van der Waals surface area contributed by atoms with Crippen LogP contribution in [-0.2, 0) is 19.2 Å². The van der Waals surface area contributed by atoms with Crippen molar-refractivity contribution in [1.29, 1.82) is 0 Å². The number of hydrogen-bond acceptors (Lipinski definition) is 6. The Morgan fingerprint density at radius 3 is 2.14 bits per heavy atom. The van der Waals surface area contributed by atoms with Gasteiger partial charge in [-0.15, -0.1) is 0 Å². The lowest BCUT2D eigenvalue weighted by molar-refractivity contribution is -0.143. The fourth-order valence-corrected chi connectivity index (χ4v) is 1.30. The summed E-state index contributed by atoms with van der Waals surface area (Å²) in [5.41, 5.74) is 10.4. The number of nitrogens with one attached hydrogen (secondary N) is 2. The fourth-order valence-electron chi connectivity index (χ4n) is 1.30. The van der Waals surface area contributed by atoms with Crippen molar-refractivity contribution in [1.82, 2.24) is 10.6 Å². The summed E-state index contributed by atoms with van der Waals surface area (Å²) in [4.78, 5) is 44.5. The quantitative estimate of drug-likeness (QED) is 0.257. The SMILES string of the molecule is C[C@H](NC(=O)[C@@H](N)CCC(N)=O)C(=O)N[C@@H](CO)C(=O)O. The number of carbonyl (C=O) groups is 4. The third-order valence-electron chi connectivity index (χ3n) is 2.59. The number of aliphatic carboxylic acids is 1. The second kappa shape index (κ2) is 8.87. The predicted octanol–water partition coefficient (Wildman–Crippen LogP) is -3.35. The molecule has 0 bridgehead atoms. The Morgan fingerprint density at radius 2 is 1.71 bits per heavy atom. The normalized spacial score (nSPS) is 14.6. The van der Waals surface area contributed by atoms with Crippen LogP contribution in [0, 0.1) is 0 Å². The van der Waals surface area contributed by atoms with Gasteiger partial charge in [0.25, 0.3) is 0 Å². The number of carboxylic acid groups (broad SMARTS) is 1. The number of amides is 3. The first-order valence-corrected chi connectivity index (χ1v) is 6.17. The van der Waals surface area contributed by atoms with E-state index in [9.17, 15) is 19.2 Å². The summed E-state index contributed by atoms with van der Waals surface area (Å²) in [6.07, 6.45) is -0.0370. The van der Waals surface area contributed by atoms with Crippen molar-refractivity contribution in [2.24, 2.45) is 11.5 Å². The Labute approximate surface area is 120 Å². The number of aliphatic hydroxyl groups is 1. The van der Waals surface area contributed by atoms with Crippen molar-refractivity contribution in [3.05, 3.63) is 0 Å². The average molecular weight is 304 g/mol. The molecule has 0 saturated heterocycles. The number of carbonyl (C=O) groups excluding carboxylic acids is 3. The van der Waals surface area contributed by atoms with Gasteiger partial charge in [0.1, 0.15) is 12.1 Å².